The maximum Gasteiger partial charge on any atom is 0.249 e. The van der Waals surface area contributed by atoms with Gasteiger partial charge in [-0.3, -0.25) is 9.59 Å². The first kappa shape index (κ1) is 15.3. The Morgan fingerprint density at radius 3 is 2.50 bits per heavy atom. The summed E-state index contributed by atoms with van der Waals surface area (Å²) in [4.78, 5) is 27.4. The Kier molecular flexibility index (Phi) is 4.71. The van der Waals surface area contributed by atoms with Crippen molar-refractivity contribution in [1.29, 1.82) is 0 Å². The van der Waals surface area contributed by atoms with E-state index >= 15 is 0 Å². The number of piperazine rings is 1. The zero-order valence-electron chi connectivity index (χ0n) is 13.1. The Labute approximate surface area is 122 Å². The Hall–Kier alpha value is -1.06. The number of unbranched alkanes of at least 4 members (excludes halogenated alkanes) is 1. The highest BCUT2D eigenvalue weighted by Gasteiger charge is 2.52. The van der Waals surface area contributed by atoms with E-state index in [1.807, 2.05) is 4.90 Å². The molecule has 4 nitrogen and oxygen atoms in total. The lowest BCUT2D eigenvalue weighted by Crippen LogP contribution is -2.70. The fourth-order valence-electron chi connectivity index (χ4n) is 3.58. The average Bonchev–Trinajstić information content (AvgIpc) is 2.90. The van der Waals surface area contributed by atoms with Crippen molar-refractivity contribution >= 4 is 11.8 Å². The summed E-state index contributed by atoms with van der Waals surface area (Å²) >= 11 is 0. The van der Waals surface area contributed by atoms with Gasteiger partial charge in [0.1, 0.15) is 11.6 Å². The molecule has 114 valence electrons. The quantitative estimate of drug-likeness (QED) is 0.841. The Bertz CT molecular complexity index is 375. The minimum absolute atomic E-state index is 0.0666. The predicted molar refractivity (Wildman–Crippen MR) is 79.2 cm³/mol. The fourth-order valence-corrected chi connectivity index (χ4v) is 3.58. The second kappa shape index (κ2) is 6.15. The molecule has 2 amide bonds. The van der Waals surface area contributed by atoms with Crippen molar-refractivity contribution in [3.63, 3.8) is 0 Å². The highest BCUT2D eigenvalue weighted by atomic mass is 16.2. The van der Waals surface area contributed by atoms with E-state index in [-0.39, 0.29) is 23.8 Å². The number of hydrogen-bond donors (Lipinski definition) is 1. The lowest BCUT2D eigenvalue weighted by molar-refractivity contribution is -0.157. The average molecular weight is 280 g/mol. The maximum atomic E-state index is 12.9. The van der Waals surface area contributed by atoms with E-state index < -0.39 is 5.54 Å². The molecule has 1 aliphatic carbocycles. The number of rotatable bonds is 5. The van der Waals surface area contributed by atoms with Crippen LogP contribution in [0.25, 0.3) is 0 Å². The van der Waals surface area contributed by atoms with Crippen LogP contribution >= 0.6 is 0 Å². The first-order valence-corrected chi connectivity index (χ1v) is 8.19. The number of carbonyl (C=O) groups is 2. The van der Waals surface area contributed by atoms with Gasteiger partial charge in [0, 0.05) is 6.54 Å². The van der Waals surface area contributed by atoms with Gasteiger partial charge in [-0.1, -0.05) is 46.5 Å². The van der Waals surface area contributed by atoms with E-state index in [2.05, 4.69) is 26.1 Å². The normalized spacial score (nSPS) is 26.9. The molecule has 0 radical (unpaired) electrons. The first-order valence-electron chi connectivity index (χ1n) is 8.19. The molecule has 1 aliphatic heterocycles. The summed E-state index contributed by atoms with van der Waals surface area (Å²) in [6.45, 7) is 7.00. The third kappa shape index (κ3) is 2.57. The second-order valence-corrected chi connectivity index (χ2v) is 6.46. The van der Waals surface area contributed by atoms with Gasteiger partial charge in [-0.15, -0.1) is 0 Å². The van der Waals surface area contributed by atoms with Gasteiger partial charge in [-0.25, -0.2) is 0 Å². The van der Waals surface area contributed by atoms with Gasteiger partial charge < -0.3 is 10.2 Å². The number of nitrogens with one attached hydrogen (secondary N) is 1. The summed E-state index contributed by atoms with van der Waals surface area (Å²) in [5, 5.41) is 3.08. The largest absolute Gasteiger partial charge is 0.340 e. The minimum Gasteiger partial charge on any atom is -0.340 e. The van der Waals surface area contributed by atoms with Crippen molar-refractivity contribution in [2.45, 2.75) is 77.3 Å². The van der Waals surface area contributed by atoms with Gasteiger partial charge in [0.2, 0.25) is 11.8 Å². The summed E-state index contributed by atoms with van der Waals surface area (Å²) in [6.07, 6.45) is 6.65. The van der Waals surface area contributed by atoms with Gasteiger partial charge in [-0.2, -0.15) is 0 Å². The van der Waals surface area contributed by atoms with E-state index in [0.717, 1.165) is 51.5 Å². The zero-order chi connectivity index (χ0) is 14.8. The standard InChI is InChI=1S/C16H28N2O2/c1-4-6-11-18-13(12(3)5-2)14(19)17-16(15(18)20)9-7-8-10-16/h12-13H,4-11H2,1-3H3,(H,17,19). The summed E-state index contributed by atoms with van der Waals surface area (Å²) < 4.78 is 0. The van der Waals surface area contributed by atoms with Crippen LogP contribution in [0.5, 0.6) is 0 Å². The topological polar surface area (TPSA) is 49.4 Å². The summed E-state index contributed by atoms with van der Waals surface area (Å²) in [5.74, 6) is 0.458. The molecule has 20 heavy (non-hydrogen) atoms. The van der Waals surface area contributed by atoms with Gasteiger partial charge in [0.15, 0.2) is 0 Å². The molecule has 2 rings (SSSR count). The van der Waals surface area contributed by atoms with Crippen molar-refractivity contribution in [2.75, 3.05) is 6.54 Å². The number of amides is 2. The highest BCUT2D eigenvalue weighted by molar-refractivity contribution is 6.00. The summed E-state index contributed by atoms with van der Waals surface area (Å²) in [6, 6.07) is -0.273. The molecular weight excluding hydrogens is 252 g/mol. The third-order valence-electron chi connectivity index (χ3n) is 5.03. The van der Waals surface area contributed by atoms with Crippen LogP contribution in [-0.2, 0) is 9.59 Å². The molecule has 2 atom stereocenters. The maximum absolute atomic E-state index is 12.9. The molecule has 1 saturated carbocycles. The van der Waals surface area contributed by atoms with E-state index in [9.17, 15) is 9.59 Å². The Morgan fingerprint density at radius 2 is 1.95 bits per heavy atom. The monoisotopic (exact) mass is 280 g/mol. The van der Waals surface area contributed by atoms with Crippen molar-refractivity contribution < 1.29 is 9.59 Å². The summed E-state index contributed by atoms with van der Waals surface area (Å²) in [7, 11) is 0. The number of carbonyl (C=O) groups excluding carboxylic acids is 2. The molecule has 1 heterocycles. The van der Waals surface area contributed by atoms with E-state index in [4.69, 9.17) is 0 Å². The smallest absolute Gasteiger partial charge is 0.249 e. The van der Waals surface area contributed by atoms with Gasteiger partial charge >= 0.3 is 0 Å². The molecule has 1 spiro atoms. The molecule has 0 aromatic heterocycles. The molecule has 0 aromatic rings. The lowest BCUT2D eigenvalue weighted by atomic mass is 9.86. The van der Waals surface area contributed by atoms with Crippen molar-refractivity contribution in [2.24, 2.45) is 5.92 Å². The van der Waals surface area contributed by atoms with E-state index in [1.165, 1.54) is 0 Å². The number of nitrogens with zero attached hydrogens (tertiary/aromatic N) is 1. The van der Waals surface area contributed by atoms with Gasteiger partial charge in [-0.05, 0) is 25.2 Å². The number of hydrogen-bond acceptors (Lipinski definition) is 2. The molecule has 4 heteroatoms. The van der Waals surface area contributed by atoms with Crippen LogP contribution < -0.4 is 5.32 Å². The van der Waals surface area contributed by atoms with Gasteiger partial charge in [0.25, 0.3) is 0 Å². The van der Waals surface area contributed by atoms with Gasteiger partial charge in [0.05, 0.1) is 0 Å². The van der Waals surface area contributed by atoms with Crippen LogP contribution in [0.4, 0.5) is 0 Å². The highest BCUT2D eigenvalue weighted by Crippen LogP contribution is 2.36. The van der Waals surface area contributed by atoms with Crippen molar-refractivity contribution in [3.8, 4) is 0 Å². The SMILES string of the molecule is CCCCN1C(=O)C2(CCCC2)NC(=O)C1C(C)CC. The van der Waals surface area contributed by atoms with Crippen LogP contribution in [0.1, 0.15) is 65.7 Å². The molecule has 2 unspecified atom stereocenters. The lowest BCUT2D eigenvalue weighted by Gasteiger charge is -2.46. The second-order valence-electron chi connectivity index (χ2n) is 6.46. The first-order chi connectivity index (χ1) is 9.55. The van der Waals surface area contributed by atoms with Crippen molar-refractivity contribution in [3.05, 3.63) is 0 Å². The molecule has 2 fully saturated rings. The van der Waals surface area contributed by atoms with Crippen LogP contribution in [0.15, 0.2) is 0 Å². The molecule has 0 bridgehead atoms. The molecule has 1 saturated heterocycles. The molecular formula is C16H28N2O2. The van der Waals surface area contributed by atoms with E-state index in [1.54, 1.807) is 0 Å². The fraction of sp³-hybridized carbons (Fsp3) is 0.875. The van der Waals surface area contributed by atoms with Crippen LogP contribution in [-0.4, -0.2) is 34.8 Å². The van der Waals surface area contributed by atoms with Crippen LogP contribution in [0, 0.1) is 5.92 Å². The van der Waals surface area contributed by atoms with E-state index in [0.29, 0.717) is 0 Å². The molecule has 0 aromatic carbocycles. The van der Waals surface area contributed by atoms with Crippen LogP contribution in [0.2, 0.25) is 0 Å². The Morgan fingerprint density at radius 1 is 1.30 bits per heavy atom. The zero-order valence-corrected chi connectivity index (χ0v) is 13.1. The van der Waals surface area contributed by atoms with Crippen molar-refractivity contribution in [1.82, 2.24) is 10.2 Å². The molecule has 2 aliphatic rings. The molecule has 1 N–H and O–H groups in total. The summed E-state index contributed by atoms with van der Waals surface area (Å²) in [5.41, 5.74) is -0.575. The minimum atomic E-state index is -0.575. The predicted octanol–water partition coefficient (Wildman–Crippen LogP) is 2.47. The Balaban J connectivity index is 2.25. The van der Waals surface area contributed by atoms with Crippen LogP contribution in [0.3, 0.4) is 0 Å². The third-order valence-corrected chi connectivity index (χ3v) is 5.03.